The van der Waals surface area contributed by atoms with Gasteiger partial charge in [-0.25, -0.2) is 4.90 Å². The van der Waals surface area contributed by atoms with E-state index in [2.05, 4.69) is 0 Å². The van der Waals surface area contributed by atoms with Crippen LogP contribution in [0.2, 0.25) is 0 Å². The molecule has 5 heteroatoms. The molecule has 194 valence electrons. The standard InChI is InChI=1S/C33H33NO4/c35-31(28-11-7-5-8-12-28)22-17-27-15-20-30(21-16-27)38-25-9-4-2-1-3-6-10-26-13-18-29(19-14-26)34-32(36)23-24-33(34)37/h5,7-8,11-24H,1-4,6,9-10,25H2/b22-17+. The lowest BCUT2D eigenvalue weighted by Crippen LogP contribution is -2.29. The van der Waals surface area contributed by atoms with Crippen LogP contribution in [-0.4, -0.2) is 24.2 Å². The summed E-state index contributed by atoms with van der Waals surface area (Å²) in [7, 11) is 0. The van der Waals surface area contributed by atoms with Gasteiger partial charge in [-0.15, -0.1) is 0 Å². The van der Waals surface area contributed by atoms with Gasteiger partial charge in [0, 0.05) is 17.7 Å². The number of hydrogen-bond donors (Lipinski definition) is 0. The molecule has 0 unspecified atom stereocenters. The molecule has 0 N–H and O–H groups in total. The minimum atomic E-state index is -0.285. The monoisotopic (exact) mass is 507 g/mol. The summed E-state index contributed by atoms with van der Waals surface area (Å²) in [5, 5.41) is 0. The molecule has 5 nitrogen and oxygen atoms in total. The van der Waals surface area contributed by atoms with Crippen LogP contribution in [0, 0.1) is 0 Å². The summed E-state index contributed by atoms with van der Waals surface area (Å²) in [6, 6.07) is 24.7. The third-order valence-electron chi connectivity index (χ3n) is 6.50. The first-order valence-corrected chi connectivity index (χ1v) is 13.3. The molecule has 0 saturated carbocycles. The highest BCUT2D eigenvalue weighted by molar-refractivity contribution is 6.28. The molecule has 0 aromatic heterocycles. The Labute approximate surface area is 224 Å². The van der Waals surface area contributed by atoms with Crippen molar-refractivity contribution in [2.24, 2.45) is 0 Å². The highest BCUT2D eigenvalue weighted by Gasteiger charge is 2.24. The predicted molar refractivity (Wildman–Crippen MR) is 151 cm³/mol. The van der Waals surface area contributed by atoms with E-state index in [0.717, 1.165) is 37.0 Å². The van der Waals surface area contributed by atoms with Gasteiger partial charge in [-0.05, 0) is 60.7 Å². The molecular formula is C33H33NO4. The number of unbranched alkanes of at least 4 members (excludes halogenated alkanes) is 5. The maximum Gasteiger partial charge on any atom is 0.258 e. The van der Waals surface area contributed by atoms with Crippen LogP contribution < -0.4 is 9.64 Å². The van der Waals surface area contributed by atoms with Crippen LogP contribution in [0.4, 0.5) is 5.69 Å². The van der Waals surface area contributed by atoms with Gasteiger partial charge in [0.1, 0.15) is 5.75 Å². The molecule has 0 fully saturated rings. The zero-order valence-corrected chi connectivity index (χ0v) is 21.6. The Hall–Kier alpha value is -4.25. The lowest BCUT2D eigenvalue weighted by molar-refractivity contribution is -0.119. The van der Waals surface area contributed by atoms with Crippen molar-refractivity contribution < 1.29 is 19.1 Å². The predicted octanol–water partition coefficient (Wildman–Crippen LogP) is 6.97. The second-order valence-corrected chi connectivity index (χ2v) is 9.36. The Morgan fingerprint density at radius 1 is 0.711 bits per heavy atom. The van der Waals surface area contributed by atoms with E-state index in [-0.39, 0.29) is 17.6 Å². The number of nitrogens with zero attached hydrogens (tertiary/aromatic N) is 1. The largest absolute Gasteiger partial charge is 0.494 e. The molecule has 0 saturated heterocycles. The number of aryl methyl sites for hydroxylation is 1. The zero-order chi connectivity index (χ0) is 26.6. The summed E-state index contributed by atoms with van der Waals surface area (Å²) >= 11 is 0. The van der Waals surface area contributed by atoms with E-state index in [0.29, 0.717) is 17.9 Å². The van der Waals surface area contributed by atoms with Gasteiger partial charge < -0.3 is 4.74 Å². The first kappa shape index (κ1) is 26.8. The van der Waals surface area contributed by atoms with Gasteiger partial charge in [0.05, 0.1) is 12.3 Å². The number of ether oxygens (including phenoxy) is 1. The molecule has 0 radical (unpaired) electrons. The van der Waals surface area contributed by atoms with Gasteiger partial charge in [0.15, 0.2) is 5.78 Å². The molecule has 0 bridgehead atoms. The average molecular weight is 508 g/mol. The fraction of sp³-hybridized carbons (Fsp3) is 0.242. The molecule has 0 aliphatic carbocycles. The number of benzene rings is 3. The number of imide groups is 1. The number of allylic oxidation sites excluding steroid dienone is 1. The van der Waals surface area contributed by atoms with Crippen LogP contribution in [0.5, 0.6) is 5.75 Å². The smallest absolute Gasteiger partial charge is 0.258 e. The molecule has 0 spiro atoms. The summed E-state index contributed by atoms with van der Waals surface area (Å²) in [5.41, 5.74) is 3.49. The highest BCUT2D eigenvalue weighted by atomic mass is 16.5. The summed E-state index contributed by atoms with van der Waals surface area (Å²) in [5.74, 6) is 0.268. The van der Waals surface area contributed by atoms with Crippen molar-refractivity contribution in [1.29, 1.82) is 0 Å². The first-order chi connectivity index (χ1) is 18.6. The minimum Gasteiger partial charge on any atom is -0.494 e. The van der Waals surface area contributed by atoms with Gasteiger partial charge in [0.25, 0.3) is 11.8 Å². The molecule has 38 heavy (non-hydrogen) atoms. The van der Waals surface area contributed by atoms with Crippen molar-refractivity contribution >= 4 is 29.4 Å². The van der Waals surface area contributed by atoms with Gasteiger partial charge in [-0.2, -0.15) is 0 Å². The van der Waals surface area contributed by atoms with Crippen molar-refractivity contribution in [2.45, 2.75) is 44.9 Å². The number of ketones is 1. The number of rotatable bonds is 14. The fourth-order valence-corrected chi connectivity index (χ4v) is 4.34. The van der Waals surface area contributed by atoms with Crippen LogP contribution >= 0.6 is 0 Å². The SMILES string of the molecule is O=C(/C=C/c1ccc(OCCCCCCCCc2ccc(N3C(=O)C=CC3=O)cc2)cc1)c1ccccc1. The third-order valence-corrected chi connectivity index (χ3v) is 6.50. The van der Waals surface area contributed by atoms with E-state index in [9.17, 15) is 14.4 Å². The van der Waals surface area contributed by atoms with Crippen LogP contribution in [-0.2, 0) is 16.0 Å². The molecule has 4 rings (SSSR count). The Bertz CT molecular complexity index is 1260. The maximum atomic E-state index is 12.2. The number of hydrogen-bond acceptors (Lipinski definition) is 4. The molecule has 1 aliphatic rings. The Kier molecular flexibility index (Phi) is 9.80. The highest BCUT2D eigenvalue weighted by Crippen LogP contribution is 2.21. The van der Waals surface area contributed by atoms with Crippen LogP contribution in [0.25, 0.3) is 6.08 Å². The third kappa shape index (κ3) is 7.87. The second kappa shape index (κ2) is 13.9. The van der Waals surface area contributed by atoms with E-state index in [1.807, 2.05) is 84.9 Å². The summed E-state index contributed by atoms with van der Waals surface area (Å²) in [6.45, 7) is 0.700. The maximum absolute atomic E-state index is 12.2. The van der Waals surface area contributed by atoms with Crippen molar-refractivity contribution in [3.05, 3.63) is 114 Å². The number of anilines is 1. The van der Waals surface area contributed by atoms with E-state index in [1.165, 1.54) is 41.9 Å². The van der Waals surface area contributed by atoms with Crippen LogP contribution in [0.1, 0.15) is 60.0 Å². The number of carbonyl (C=O) groups excluding carboxylic acids is 3. The van der Waals surface area contributed by atoms with Gasteiger partial charge >= 0.3 is 0 Å². The lowest BCUT2D eigenvalue weighted by atomic mass is 10.0. The Morgan fingerprint density at radius 3 is 2.03 bits per heavy atom. The molecule has 2 amide bonds. The van der Waals surface area contributed by atoms with E-state index < -0.39 is 0 Å². The molecular weight excluding hydrogens is 474 g/mol. The van der Waals surface area contributed by atoms with Crippen molar-refractivity contribution in [3.8, 4) is 5.75 Å². The molecule has 1 aliphatic heterocycles. The topological polar surface area (TPSA) is 63.7 Å². The van der Waals surface area contributed by atoms with Gasteiger partial charge in [-0.3, -0.25) is 14.4 Å². The van der Waals surface area contributed by atoms with Gasteiger partial charge in [-0.1, -0.05) is 86.4 Å². The number of carbonyl (C=O) groups is 3. The Morgan fingerprint density at radius 2 is 1.34 bits per heavy atom. The molecule has 1 heterocycles. The van der Waals surface area contributed by atoms with Gasteiger partial charge in [0.2, 0.25) is 0 Å². The molecule has 3 aromatic carbocycles. The normalized spacial score (nSPS) is 13.0. The quantitative estimate of drug-likeness (QED) is 0.102. The summed E-state index contributed by atoms with van der Waals surface area (Å²) in [6.07, 6.45) is 13.9. The van der Waals surface area contributed by atoms with Crippen molar-refractivity contribution in [2.75, 3.05) is 11.5 Å². The molecule has 0 atom stereocenters. The van der Waals surface area contributed by atoms with E-state index >= 15 is 0 Å². The first-order valence-electron chi connectivity index (χ1n) is 13.3. The Balaban J connectivity index is 1.04. The van der Waals surface area contributed by atoms with Crippen LogP contribution in [0.3, 0.4) is 0 Å². The minimum absolute atomic E-state index is 0.00654. The zero-order valence-electron chi connectivity index (χ0n) is 21.6. The van der Waals surface area contributed by atoms with E-state index in [4.69, 9.17) is 4.74 Å². The summed E-state index contributed by atoms with van der Waals surface area (Å²) < 4.78 is 5.86. The second-order valence-electron chi connectivity index (χ2n) is 9.36. The molecule has 3 aromatic rings. The number of amides is 2. The summed E-state index contributed by atoms with van der Waals surface area (Å²) in [4.78, 5) is 36.9. The fourth-order valence-electron chi connectivity index (χ4n) is 4.34. The lowest BCUT2D eigenvalue weighted by Gasteiger charge is -2.14. The van der Waals surface area contributed by atoms with Crippen molar-refractivity contribution in [1.82, 2.24) is 0 Å². The van der Waals surface area contributed by atoms with Crippen molar-refractivity contribution in [3.63, 3.8) is 0 Å². The van der Waals surface area contributed by atoms with Crippen LogP contribution in [0.15, 0.2) is 97.1 Å². The average Bonchev–Trinajstić information content (AvgIpc) is 3.29. The van der Waals surface area contributed by atoms with E-state index in [1.54, 1.807) is 6.08 Å².